The van der Waals surface area contributed by atoms with Crippen molar-refractivity contribution in [3.8, 4) is 5.69 Å². The van der Waals surface area contributed by atoms with Crippen LogP contribution in [0.5, 0.6) is 0 Å². The van der Waals surface area contributed by atoms with Crippen LogP contribution in [0.3, 0.4) is 0 Å². The Kier molecular flexibility index (Phi) is 10.4. The van der Waals surface area contributed by atoms with Crippen LogP contribution in [0.1, 0.15) is 113 Å². The van der Waals surface area contributed by atoms with Crippen LogP contribution in [0.25, 0.3) is 16.6 Å². The second-order valence-corrected chi connectivity index (χ2v) is 18.8. The highest BCUT2D eigenvalue weighted by Gasteiger charge is 2.47. The number of carbonyl (C=O) groups is 3. The third-order valence-corrected chi connectivity index (χ3v) is 15.4. The van der Waals surface area contributed by atoms with Crippen molar-refractivity contribution in [2.75, 3.05) is 49.1 Å². The number of fused-ring (bicyclic) bond motifs is 7. The molecule has 0 radical (unpaired) electrons. The summed E-state index contributed by atoms with van der Waals surface area (Å²) >= 11 is 3.64. The van der Waals surface area contributed by atoms with E-state index in [1.165, 1.54) is 35.4 Å². The maximum atomic E-state index is 15.2. The van der Waals surface area contributed by atoms with Crippen LogP contribution in [-0.4, -0.2) is 82.4 Å². The molecule has 1 aliphatic carbocycles. The summed E-state index contributed by atoms with van der Waals surface area (Å²) < 4.78 is 33.5. The minimum absolute atomic E-state index is 0.0829. The number of rotatable bonds is 5. The van der Waals surface area contributed by atoms with Crippen molar-refractivity contribution in [2.24, 2.45) is 5.92 Å². The first kappa shape index (κ1) is 39.6. The highest BCUT2D eigenvalue weighted by atomic mass is 79.9. The second kappa shape index (κ2) is 15.8. The fourth-order valence-corrected chi connectivity index (χ4v) is 12.1. The smallest absolute Gasteiger partial charge is 0.281 e. The number of likely N-dealkylation sites (tertiary alicyclic amines) is 2. The molecule has 60 heavy (non-hydrogen) atoms. The fourth-order valence-electron chi connectivity index (χ4n) is 11.6. The fraction of sp³-hybridized carbons (Fsp3) is 0.511. The number of hydrogen-bond donors (Lipinski definition) is 0. The Labute approximate surface area is 357 Å². The molecule has 3 aromatic carbocycles. The molecule has 1 aromatic heterocycles. The highest BCUT2D eigenvalue weighted by molar-refractivity contribution is 9.10. The monoisotopic (exact) mass is 880 g/mol. The third-order valence-electron chi connectivity index (χ3n) is 14.8. The minimum atomic E-state index is -0.930. The van der Waals surface area contributed by atoms with Crippen molar-refractivity contribution in [2.45, 2.75) is 107 Å². The van der Waals surface area contributed by atoms with Gasteiger partial charge in [0.2, 0.25) is 17.7 Å². The van der Waals surface area contributed by atoms with Crippen molar-refractivity contribution < 1.29 is 23.2 Å². The molecular weight excluding hydrogens is 830 g/mol. The van der Waals surface area contributed by atoms with E-state index in [-0.39, 0.29) is 35.6 Å². The number of halogens is 3. The third kappa shape index (κ3) is 6.69. The molecule has 3 amide bonds. The van der Waals surface area contributed by atoms with Crippen LogP contribution in [0, 0.1) is 17.6 Å². The average Bonchev–Trinajstić information content (AvgIpc) is 3.51. The van der Waals surface area contributed by atoms with Crippen LogP contribution in [-0.2, 0) is 19.8 Å². The maximum absolute atomic E-state index is 15.2. The zero-order valence-corrected chi connectivity index (χ0v) is 35.5. The van der Waals surface area contributed by atoms with E-state index in [4.69, 9.17) is 4.98 Å². The van der Waals surface area contributed by atoms with Gasteiger partial charge in [0.1, 0.15) is 11.5 Å². The number of benzene rings is 3. The van der Waals surface area contributed by atoms with E-state index in [9.17, 15) is 19.2 Å². The van der Waals surface area contributed by atoms with E-state index in [1.807, 2.05) is 21.9 Å². The lowest BCUT2D eigenvalue weighted by molar-refractivity contribution is -0.138. The number of nitrogens with zero attached hydrogens (tertiary/aromatic N) is 6. The van der Waals surface area contributed by atoms with Crippen LogP contribution >= 0.6 is 15.9 Å². The first-order chi connectivity index (χ1) is 29.1. The van der Waals surface area contributed by atoms with Crippen LogP contribution < -0.4 is 15.4 Å². The summed E-state index contributed by atoms with van der Waals surface area (Å²) in [6, 6.07) is 15.9. The van der Waals surface area contributed by atoms with Crippen LogP contribution in [0.4, 0.5) is 20.2 Å². The Morgan fingerprint density at radius 3 is 2.13 bits per heavy atom. The second-order valence-electron chi connectivity index (χ2n) is 18.0. The van der Waals surface area contributed by atoms with Crippen molar-refractivity contribution in [1.29, 1.82) is 0 Å². The topological polar surface area (TPSA) is 99.1 Å². The minimum Gasteiger partial charge on any atom is -0.371 e. The van der Waals surface area contributed by atoms with Gasteiger partial charge in [-0.2, -0.15) is 4.98 Å². The van der Waals surface area contributed by atoms with Gasteiger partial charge in [-0.1, -0.05) is 37.5 Å². The number of imide groups is 1. The van der Waals surface area contributed by atoms with Crippen LogP contribution in [0.2, 0.25) is 0 Å². The number of amides is 3. The summed E-state index contributed by atoms with van der Waals surface area (Å²) in [6.07, 6.45) is 11.3. The van der Waals surface area contributed by atoms with Gasteiger partial charge in [-0.3, -0.25) is 23.7 Å². The standard InChI is InChI=1S/C47H51BrF2N6O4/c48-35-6-4-7-38-42(35)44(59)51-46-47(18-2-1-3-19-47)34-11-10-31(26-39(34)55(38)46)29-12-20-52(21-13-29)32-16-24-54(25-17-32)45(60)30-14-22-53(23-15-30)33-27-36(49)43(37(50)28-33)56-40(57)8-5-9-41(56)58/h4,6-7,10-11,26-30,32H,1-3,5,8-9,12-25H2. The summed E-state index contributed by atoms with van der Waals surface area (Å²) in [5, 5.41) is 0.638. The van der Waals surface area contributed by atoms with Gasteiger partial charge in [0, 0.05) is 61.1 Å². The SMILES string of the molecule is O=C(C1CCN(c2cc(F)c(N3C(=O)CCCC3=O)c(F)c2)CC1)N1CCC(N2CCC(c3ccc4c(c3)-n3c(nc(=O)c5c(Br)cccc53)C43CCCCC3)CC2)CC1. The molecule has 10 nitrogen and oxygen atoms in total. The van der Waals surface area contributed by atoms with Crippen LogP contribution in [0.15, 0.2) is 57.8 Å². The van der Waals surface area contributed by atoms with E-state index in [2.05, 4.69) is 49.7 Å². The van der Waals surface area contributed by atoms with Gasteiger partial charge < -0.3 is 14.7 Å². The van der Waals surface area contributed by atoms with Crippen molar-refractivity contribution in [1.82, 2.24) is 19.4 Å². The summed E-state index contributed by atoms with van der Waals surface area (Å²) in [4.78, 5) is 63.9. The van der Waals surface area contributed by atoms with Gasteiger partial charge >= 0.3 is 0 Å². The lowest BCUT2D eigenvalue weighted by atomic mass is 9.69. The Morgan fingerprint density at radius 2 is 1.45 bits per heavy atom. The molecule has 10 rings (SSSR count). The van der Waals surface area contributed by atoms with Gasteiger partial charge in [-0.25, -0.2) is 13.7 Å². The van der Waals surface area contributed by atoms with Gasteiger partial charge in [0.05, 0.1) is 22.0 Å². The number of carbonyl (C=O) groups excluding carboxylic acids is 3. The number of anilines is 2. The Morgan fingerprint density at radius 1 is 0.767 bits per heavy atom. The summed E-state index contributed by atoms with van der Waals surface area (Å²) in [5.74, 6) is -1.62. The Balaban J connectivity index is 0.751. The summed E-state index contributed by atoms with van der Waals surface area (Å²) in [5.41, 5.74) is 4.18. The van der Waals surface area contributed by atoms with Gasteiger partial charge in [0.15, 0.2) is 11.6 Å². The van der Waals surface area contributed by atoms with Crippen molar-refractivity contribution in [3.05, 3.63) is 91.9 Å². The molecule has 314 valence electrons. The molecule has 13 heteroatoms. The molecule has 6 aliphatic rings. The predicted octanol–water partition coefficient (Wildman–Crippen LogP) is 8.12. The van der Waals surface area contributed by atoms with Gasteiger partial charge in [-0.15, -0.1) is 0 Å². The van der Waals surface area contributed by atoms with E-state index in [0.717, 1.165) is 93.4 Å². The molecule has 4 aromatic rings. The molecule has 5 fully saturated rings. The molecule has 6 heterocycles. The lowest BCUT2D eigenvalue weighted by Gasteiger charge is -2.43. The molecular formula is C47H51BrF2N6O4. The Hall–Kier alpha value is -4.49. The van der Waals surface area contributed by atoms with E-state index in [1.54, 1.807) is 0 Å². The molecule has 4 saturated heterocycles. The highest BCUT2D eigenvalue weighted by Crippen LogP contribution is 2.52. The molecule has 0 bridgehead atoms. The van der Waals surface area contributed by atoms with Gasteiger partial charge in [-0.05, 0) is 134 Å². The molecule has 5 aliphatic heterocycles. The first-order valence-corrected chi connectivity index (χ1v) is 22.9. The largest absolute Gasteiger partial charge is 0.371 e. The lowest BCUT2D eigenvalue weighted by Crippen LogP contribution is -2.50. The summed E-state index contributed by atoms with van der Waals surface area (Å²) in [7, 11) is 0. The molecule has 0 N–H and O–H groups in total. The molecule has 0 atom stereocenters. The van der Waals surface area contributed by atoms with E-state index < -0.39 is 29.1 Å². The summed E-state index contributed by atoms with van der Waals surface area (Å²) in [6.45, 7) is 4.50. The quantitative estimate of drug-likeness (QED) is 0.187. The Bertz CT molecular complexity index is 2410. The zero-order valence-electron chi connectivity index (χ0n) is 33.9. The van der Waals surface area contributed by atoms with Gasteiger partial charge in [0.25, 0.3) is 5.56 Å². The molecule has 0 unspecified atom stereocenters. The van der Waals surface area contributed by atoms with Crippen molar-refractivity contribution in [3.63, 3.8) is 0 Å². The maximum Gasteiger partial charge on any atom is 0.281 e. The molecule has 1 spiro atoms. The zero-order chi connectivity index (χ0) is 41.3. The first-order valence-electron chi connectivity index (χ1n) is 22.1. The number of piperidine rings is 4. The number of hydrogen-bond acceptors (Lipinski definition) is 7. The average molecular weight is 882 g/mol. The number of aromatic nitrogens is 2. The normalized spacial score (nSPS) is 21.9. The van der Waals surface area contributed by atoms with E-state index >= 15 is 8.78 Å². The predicted molar refractivity (Wildman–Crippen MR) is 230 cm³/mol. The molecule has 1 saturated carbocycles. The van der Waals surface area contributed by atoms with Crippen molar-refractivity contribution >= 4 is 55.9 Å². The van der Waals surface area contributed by atoms with E-state index in [0.29, 0.717) is 60.3 Å².